The van der Waals surface area contributed by atoms with Gasteiger partial charge in [-0.2, -0.15) is 0 Å². The molecule has 0 aromatic rings. The second-order valence-corrected chi connectivity index (χ2v) is 6.83. The summed E-state index contributed by atoms with van der Waals surface area (Å²) < 4.78 is 0. The van der Waals surface area contributed by atoms with Crippen molar-refractivity contribution >= 4 is 11.8 Å². The zero-order valence-electron chi connectivity index (χ0n) is 14.0. The summed E-state index contributed by atoms with van der Waals surface area (Å²) in [6.07, 6.45) is 21.3. The van der Waals surface area contributed by atoms with Gasteiger partial charge in [-0.3, -0.25) is 9.59 Å². The van der Waals surface area contributed by atoms with Crippen LogP contribution in [-0.4, -0.2) is 23.9 Å². The maximum Gasteiger partial charge on any atom is 0.227 e. The molecule has 3 aliphatic rings. The van der Waals surface area contributed by atoms with Crippen molar-refractivity contribution in [3.05, 3.63) is 48.6 Å². The Hall–Kier alpha value is -2.10. The first kappa shape index (κ1) is 16.7. The van der Waals surface area contributed by atoms with Gasteiger partial charge in [-0.15, -0.1) is 0 Å². The van der Waals surface area contributed by atoms with E-state index in [1.807, 2.05) is 48.6 Å². The summed E-state index contributed by atoms with van der Waals surface area (Å²) in [6.45, 7) is 0. The third-order valence-corrected chi connectivity index (χ3v) is 5.06. The molecule has 2 N–H and O–H groups in total. The first-order chi connectivity index (χ1) is 11.7. The van der Waals surface area contributed by atoms with Crippen molar-refractivity contribution in [1.29, 1.82) is 0 Å². The minimum absolute atomic E-state index is 0.0395. The standard InChI is InChI=1S/C20H26N2O2/c23-19(15-9-3-1-4-10-15)21-17-13-7-8-14-18(17)22-20(24)16-11-5-2-6-12-16/h1-6,9,11,15-18H,7-8,10,12-14H2,(H,21,23)(H,22,24). The van der Waals surface area contributed by atoms with Crippen molar-refractivity contribution in [2.45, 2.75) is 50.6 Å². The van der Waals surface area contributed by atoms with Crippen LogP contribution in [0, 0.1) is 11.8 Å². The van der Waals surface area contributed by atoms with Crippen molar-refractivity contribution < 1.29 is 9.59 Å². The molecule has 128 valence electrons. The van der Waals surface area contributed by atoms with E-state index >= 15 is 0 Å². The molecule has 4 unspecified atom stereocenters. The average molecular weight is 326 g/mol. The zero-order valence-corrected chi connectivity index (χ0v) is 14.0. The van der Waals surface area contributed by atoms with Crippen LogP contribution < -0.4 is 10.6 Å². The highest BCUT2D eigenvalue weighted by molar-refractivity contribution is 5.82. The lowest BCUT2D eigenvalue weighted by molar-refractivity contribution is -0.127. The topological polar surface area (TPSA) is 58.2 Å². The third kappa shape index (κ3) is 4.25. The van der Waals surface area contributed by atoms with Crippen molar-refractivity contribution in [2.24, 2.45) is 11.8 Å². The van der Waals surface area contributed by atoms with Gasteiger partial charge in [0.15, 0.2) is 0 Å². The zero-order chi connectivity index (χ0) is 16.8. The molecule has 3 aliphatic carbocycles. The number of carbonyl (C=O) groups excluding carboxylic acids is 2. The minimum atomic E-state index is -0.0836. The largest absolute Gasteiger partial charge is 0.351 e. The SMILES string of the molecule is O=C(NC1CCCCC1NC(=O)C1C=CC=CC1)C1C=CC=CC1. The lowest BCUT2D eigenvalue weighted by Crippen LogP contribution is -2.55. The molecular formula is C20H26N2O2. The van der Waals surface area contributed by atoms with Crippen LogP contribution >= 0.6 is 0 Å². The van der Waals surface area contributed by atoms with Gasteiger partial charge < -0.3 is 10.6 Å². The Morgan fingerprint density at radius 3 is 1.54 bits per heavy atom. The molecule has 0 spiro atoms. The summed E-state index contributed by atoms with van der Waals surface area (Å²) in [7, 11) is 0. The number of carbonyl (C=O) groups is 2. The van der Waals surface area contributed by atoms with E-state index in [2.05, 4.69) is 10.6 Å². The monoisotopic (exact) mass is 326 g/mol. The van der Waals surface area contributed by atoms with Gasteiger partial charge in [-0.1, -0.05) is 61.4 Å². The van der Waals surface area contributed by atoms with Crippen molar-refractivity contribution in [2.75, 3.05) is 0 Å². The van der Waals surface area contributed by atoms with Crippen LogP contribution in [0.1, 0.15) is 38.5 Å². The van der Waals surface area contributed by atoms with E-state index in [1.54, 1.807) is 0 Å². The fraction of sp³-hybridized carbons (Fsp3) is 0.500. The van der Waals surface area contributed by atoms with Crippen molar-refractivity contribution in [3.8, 4) is 0 Å². The summed E-state index contributed by atoms with van der Waals surface area (Å²) in [4.78, 5) is 24.9. The molecule has 0 aromatic carbocycles. The number of rotatable bonds is 4. The van der Waals surface area contributed by atoms with E-state index in [-0.39, 0.29) is 35.7 Å². The summed E-state index contributed by atoms with van der Waals surface area (Å²) in [5, 5.41) is 6.35. The number of hydrogen-bond donors (Lipinski definition) is 2. The van der Waals surface area contributed by atoms with E-state index in [0.717, 1.165) is 38.5 Å². The Morgan fingerprint density at radius 1 is 0.708 bits per heavy atom. The summed E-state index contributed by atoms with van der Waals surface area (Å²) in [5.74, 6) is -0.0242. The number of amides is 2. The number of allylic oxidation sites excluding steroid dienone is 6. The molecule has 0 heterocycles. The molecule has 4 heteroatoms. The summed E-state index contributed by atoms with van der Waals surface area (Å²) >= 11 is 0. The second kappa shape index (κ2) is 8.13. The molecule has 0 saturated heterocycles. The first-order valence-corrected chi connectivity index (χ1v) is 9.01. The molecule has 4 atom stereocenters. The van der Waals surface area contributed by atoms with Crippen LogP contribution in [0.4, 0.5) is 0 Å². The molecule has 24 heavy (non-hydrogen) atoms. The van der Waals surface area contributed by atoms with Gasteiger partial charge in [-0.25, -0.2) is 0 Å². The van der Waals surface area contributed by atoms with Crippen molar-refractivity contribution in [3.63, 3.8) is 0 Å². The van der Waals surface area contributed by atoms with Crippen LogP contribution in [0.3, 0.4) is 0 Å². The molecule has 1 saturated carbocycles. The van der Waals surface area contributed by atoms with Gasteiger partial charge in [0.05, 0.1) is 11.8 Å². The van der Waals surface area contributed by atoms with Gasteiger partial charge in [-0.05, 0) is 25.7 Å². The lowest BCUT2D eigenvalue weighted by Gasteiger charge is -2.34. The second-order valence-electron chi connectivity index (χ2n) is 6.83. The van der Waals surface area contributed by atoms with Crippen molar-refractivity contribution in [1.82, 2.24) is 10.6 Å². The lowest BCUT2D eigenvalue weighted by atomic mass is 9.88. The molecule has 0 aromatic heterocycles. The van der Waals surface area contributed by atoms with Gasteiger partial charge in [0.25, 0.3) is 0 Å². The van der Waals surface area contributed by atoms with Crippen LogP contribution in [0.15, 0.2) is 48.6 Å². The smallest absolute Gasteiger partial charge is 0.227 e. The fourth-order valence-corrected chi connectivity index (χ4v) is 3.61. The molecular weight excluding hydrogens is 300 g/mol. The normalized spacial score (nSPS) is 31.7. The summed E-state index contributed by atoms with van der Waals surface area (Å²) in [6, 6.07) is 0.0789. The van der Waals surface area contributed by atoms with E-state index in [1.165, 1.54) is 0 Å². The Balaban J connectivity index is 1.56. The van der Waals surface area contributed by atoms with Gasteiger partial charge in [0, 0.05) is 12.1 Å². The predicted molar refractivity (Wildman–Crippen MR) is 95.1 cm³/mol. The molecule has 2 amide bonds. The Kier molecular flexibility index (Phi) is 5.68. The van der Waals surface area contributed by atoms with Gasteiger partial charge in [0.1, 0.15) is 0 Å². The number of nitrogens with one attached hydrogen (secondary N) is 2. The maximum absolute atomic E-state index is 12.5. The van der Waals surface area contributed by atoms with Crippen LogP contribution in [-0.2, 0) is 9.59 Å². The Bertz CT molecular complexity index is 536. The van der Waals surface area contributed by atoms with E-state index < -0.39 is 0 Å². The molecule has 1 fully saturated rings. The molecule has 0 aliphatic heterocycles. The summed E-state index contributed by atoms with van der Waals surface area (Å²) in [5.41, 5.74) is 0. The quantitative estimate of drug-likeness (QED) is 0.834. The van der Waals surface area contributed by atoms with E-state index in [0.29, 0.717) is 0 Å². The molecule has 0 radical (unpaired) electrons. The Labute approximate surface area is 143 Å². The predicted octanol–water partition coefficient (Wildman–Crippen LogP) is 2.79. The van der Waals surface area contributed by atoms with Gasteiger partial charge >= 0.3 is 0 Å². The Morgan fingerprint density at radius 2 is 1.17 bits per heavy atom. The van der Waals surface area contributed by atoms with Crippen LogP contribution in [0.2, 0.25) is 0 Å². The maximum atomic E-state index is 12.5. The van der Waals surface area contributed by atoms with Crippen LogP contribution in [0.25, 0.3) is 0 Å². The highest BCUT2D eigenvalue weighted by Crippen LogP contribution is 2.21. The van der Waals surface area contributed by atoms with Gasteiger partial charge in [0.2, 0.25) is 11.8 Å². The van der Waals surface area contributed by atoms with E-state index in [4.69, 9.17) is 0 Å². The fourth-order valence-electron chi connectivity index (χ4n) is 3.61. The molecule has 4 nitrogen and oxygen atoms in total. The minimum Gasteiger partial charge on any atom is -0.351 e. The first-order valence-electron chi connectivity index (χ1n) is 9.01. The van der Waals surface area contributed by atoms with Crippen LogP contribution in [0.5, 0.6) is 0 Å². The highest BCUT2D eigenvalue weighted by Gasteiger charge is 2.30. The van der Waals surface area contributed by atoms with E-state index in [9.17, 15) is 9.59 Å². The highest BCUT2D eigenvalue weighted by atomic mass is 16.2. The third-order valence-electron chi connectivity index (χ3n) is 5.06. The average Bonchev–Trinajstić information content (AvgIpc) is 2.64. The molecule has 3 rings (SSSR count). The molecule has 0 bridgehead atoms. The number of hydrogen-bond acceptors (Lipinski definition) is 2.